The molecule has 0 amide bonds. The number of hydrogen-bond acceptors (Lipinski definition) is 2. The topological polar surface area (TPSA) is 59.3 Å². The van der Waals surface area contributed by atoms with Crippen molar-refractivity contribution in [3.05, 3.63) is 45.7 Å². The fourth-order valence-electron chi connectivity index (χ4n) is 1.92. The number of pyridine rings is 1. The minimum absolute atomic E-state index is 0.194. The molecule has 0 spiro atoms. The summed E-state index contributed by atoms with van der Waals surface area (Å²) in [5.74, 6) is -1.19. The maximum Gasteiger partial charge on any atom is 0.341 e. The monoisotopic (exact) mass is 217 g/mol. The highest BCUT2D eigenvalue weighted by Gasteiger charge is 2.13. The van der Waals surface area contributed by atoms with Crippen LogP contribution in [-0.2, 0) is 7.05 Å². The van der Waals surface area contributed by atoms with Crippen molar-refractivity contribution in [1.82, 2.24) is 4.57 Å². The normalized spacial score (nSPS) is 10.6. The van der Waals surface area contributed by atoms with Crippen LogP contribution < -0.4 is 5.43 Å². The van der Waals surface area contributed by atoms with Crippen LogP contribution in [0.5, 0.6) is 0 Å². The summed E-state index contributed by atoms with van der Waals surface area (Å²) in [7, 11) is 1.74. The standard InChI is InChI=1S/C12H11NO3/c1-7-4-3-5-8-10(7)13(2)6-9(11(8)14)12(15)16/h3-6H,1-2H3,(H,15,16). The Morgan fingerprint density at radius 1 is 1.38 bits per heavy atom. The second-order valence-corrected chi connectivity index (χ2v) is 3.76. The molecule has 0 saturated carbocycles. The van der Waals surface area contributed by atoms with E-state index >= 15 is 0 Å². The number of fused-ring (bicyclic) bond motifs is 1. The number of rotatable bonds is 1. The molecule has 1 aromatic carbocycles. The Bertz CT molecular complexity index is 640. The van der Waals surface area contributed by atoms with Gasteiger partial charge in [0.1, 0.15) is 5.56 Å². The molecule has 1 N–H and O–H groups in total. The van der Waals surface area contributed by atoms with Crippen LogP contribution in [0.4, 0.5) is 0 Å². The summed E-state index contributed by atoms with van der Waals surface area (Å²) in [6.45, 7) is 1.89. The van der Waals surface area contributed by atoms with E-state index in [1.165, 1.54) is 6.20 Å². The molecule has 82 valence electrons. The highest BCUT2D eigenvalue weighted by Crippen LogP contribution is 2.15. The first-order valence-electron chi connectivity index (χ1n) is 4.84. The second kappa shape index (κ2) is 3.48. The number of benzene rings is 1. The fraction of sp³-hybridized carbons (Fsp3) is 0.167. The third kappa shape index (κ3) is 1.39. The van der Waals surface area contributed by atoms with E-state index in [9.17, 15) is 9.59 Å². The number of aromatic carboxylic acids is 1. The molecule has 0 fully saturated rings. The largest absolute Gasteiger partial charge is 0.477 e. The number of hydrogen-bond donors (Lipinski definition) is 1. The molecule has 0 aliphatic carbocycles. The summed E-state index contributed by atoms with van der Waals surface area (Å²) in [6.07, 6.45) is 1.36. The van der Waals surface area contributed by atoms with Crippen LogP contribution in [0.2, 0.25) is 0 Å². The number of carbonyl (C=O) groups is 1. The van der Waals surface area contributed by atoms with Crippen LogP contribution in [0.3, 0.4) is 0 Å². The number of nitrogens with zero attached hydrogens (tertiary/aromatic N) is 1. The van der Waals surface area contributed by atoms with Crippen molar-refractivity contribution < 1.29 is 9.90 Å². The van der Waals surface area contributed by atoms with Gasteiger partial charge in [0, 0.05) is 18.6 Å². The molecule has 0 radical (unpaired) electrons. The molecule has 0 aliphatic rings. The van der Waals surface area contributed by atoms with Gasteiger partial charge in [0.25, 0.3) is 0 Å². The lowest BCUT2D eigenvalue weighted by atomic mass is 10.1. The van der Waals surface area contributed by atoms with Gasteiger partial charge in [0.2, 0.25) is 5.43 Å². The van der Waals surface area contributed by atoms with Gasteiger partial charge in [0.05, 0.1) is 5.52 Å². The van der Waals surface area contributed by atoms with Gasteiger partial charge in [-0.1, -0.05) is 12.1 Å². The molecular formula is C12H11NO3. The van der Waals surface area contributed by atoms with Crippen LogP contribution in [0, 0.1) is 6.92 Å². The van der Waals surface area contributed by atoms with Crippen molar-refractivity contribution in [1.29, 1.82) is 0 Å². The number of para-hydroxylation sites is 1. The minimum Gasteiger partial charge on any atom is -0.477 e. The van der Waals surface area contributed by atoms with E-state index in [1.807, 2.05) is 13.0 Å². The van der Waals surface area contributed by atoms with Crippen LogP contribution in [0.15, 0.2) is 29.2 Å². The van der Waals surface area contributed by atoms with Gasteiger partial charge in [-0.15, -0.1) is 0 Å². The van der Waals surface area contributed by atoms with Crippen molar-refractivity contribution >= 4 is 16.9 Å². The van der Waals surface area contributed by atoms with E-state index in [-0.39, 0.29) is 5.56 Å². The molecule has 0 aliphatic heterocycles. The van der Waals surface area contributed by atoms with Gasteiger partial charge in [-0.2, -0.15) is 0 Å². The summed E-state index contributed by atoms with van der Waals surface area (Å²) in [6, 6.07) is 5.30. The van der Waals surface area contributed by atoms with Gasteiger partial charge in [-0.3, -0.25) is 4.79 Å². The lowest BCUT2D eigenvalue weighted by molar-refractivity contribution is 0.0695. The van der Waals surface area contributed by atoms with Gasteiger partial charge < -0.3 is 9.67 Å². The molecule has 4 nitrogen and oxygen atoms in total. The zero-order valence-corrected chi connectivity index (χ0v) is 9.02. The first-order chi connectivity index (χ1) is 7.52. The summed E-state index contributed by atoms with van der Waals surface area (Å²) in [5.41, 5.74) is 1.11. The maximum atomic E-state index is 11.9. The molecule has 1 aromatic heterocycles. The van der Waals surface area contributed by atoms with Crippen molar-refractivity contribution in [3.63, 3.8) is 0 Å². The Hall–Kier alpha value is -2.10. The van der Waals surface area contributed by atoms with E-state index in [4.69, 9.17) is 5.11 Å². The molecule has 1 heterocycles. The molecule has 16 heavy (non-hydrogen) atoms. The SMILES string of the molecule is Cc1cccc2c(=O)c(C(=O)O)cn(C)c12. The lowest BCUT2D eigenvalue weighted by Crippen LogP contribution is -2.18. The third-order valence-corrected chi connectivity index (χ3v) is 2.63. The van der Waals surface area contributed by atoms with Crippen molar-refractivity contribution in [3.8, 4) is 0 Å². The van der Waals surface area contributed by atoms with E-state index < -0.39 is 11.4 Å². The molecule has 0 saturated heterocycles. The quantitative estimate of drug-likeness (QED) is 0.788. The van der Waals surface area contributed by atoms with Gasteiger partial charge >= 0.3 is 5.97 Å². The van der Waals surface area contributed by atoms with Gasteiger partial charge in [0.15, 0.2) is 0 Å². The smallest absolute Gasteiger partial charge is 0.341 e. The summed E-state index contributed by atoms with van der Waals surface area (Å²) in [5, 5.41) is 9.35. The number of aromatic nitrogens is 1. The predicted octanol–water partition coefficient (Wildman–Crippen LogP) is 1.55. The highest BCUT2D eigenvalue weighted by atomic mass is 16.4. The van der Waals surface area contributed by atoms with Crippen LogP contribution in [-0.4, -0.2) is 15.6 Å². The number of aryl methyl sites for hydroxylation is 2. The predicted molar refractivity (Wildman–Crippen MR) is 60.9 cm³/mol. The van der Waals surface area contributed by atoms with E-state index in [0.29, 0.717) is 5.39 Å². The zero-order valence-electron chi connectivity index (χ0n) is 9.02. The Balaban J connectivity index is 3.02. The Labute approximate surface area is 91.8 Å². The van der Waals surface area contributed by atoms with Crippen molar-refractivity contribution in [2.45, 2.75) is 6.92 Å². The Morgan fingerprint density at radius 2 is 2.06 bits per heavy atom. The maximum absolute atomic E-state index is 11.9. The van der Waals surface area contributed by atoms with Gasteiger partial charge in [-0.05, 0) is 18.6 Å². The van der Waals surface area contributed by atoms with Crippen molar-refractivity contribution in [2.75, 3.05) is 0 Å². The molecule has 0 unspecified atom stereocenters. The second-order valence-electron chi connectivity index (χ2n) is 3.76. The molecule has 4 heteroatoms. The van der Waals surface area contributed by atoms with E-state index in [1.54, 1.807) is 23.7 Å². The number of carboxylic acid groups (broad SMARTS) is 1. The molecule has 0 bridgehead atoms. The summed E-state index contributed by atoms with van der Waals surface area (Å²) >= 11 is 0. The minimum atomic E-state index is -1.19. The average molecular weight is 217 g/mol. The van der Waals surface area contributed by atoms with Crippen LogP contribution >= 0.6 is 0 Å². The number of carboxylic acids is 1. The lowest BCUT2D eigenvalue weighted by Gasteiger charge is -2.09. The third-order valence-electron chi connectivity index (χ3n) is 2.63. The van der Waals surface area contributed by atoms with Crippen LogP contribution in [0.25, 0.3) is 10.9 Å². The van der Waals surface area contributed by atoms with E-state index in [2.05, 4.69) is 0 Å². The van der Waals surface area contributed by atoms with E-state index in [0.717, 1.165) is 11.1 Å². The first kappa shape index (κ1) is 10.4. The summed E-state index contributed by atoms with van der Waals surface area (Å²) < 4.78 is 1.68. The zero-order chi connectivity index (χ0) is 11.9. The Kier molecular flexibility index (Phi) is 2.27. The summed E-state index contributed by atoms with van der Waals surface area (Å²) in [4.78, 5) is 22.8. The van der Waals surface area contributed by atoms with Crippen molar-refractivity contribution in [2.24, 2.45) is 7.05 Å². The molecule has 0 atom stereocenters. The molecular weight excluding hydrogens is 206 g/mol. The highest BCUT2D eigenvalue weighted by molar-refractivity contribution is 5.93. The molecule has 2 rings (SSSR count). The fourth-order valence-corrected chi connectivity index (χ4v) is 1.92. The van der Waals surface area contributed by atoms with Crippen LogP contribution in [0.1, 0.15) is 15.9 Å². The molecule has 2 aromatic rings. The Morgan fingerprint density at radius 3 is 2.69 bits per heavy atom. The first-order valence-corrected chi connectivity index (χ1v) is 4.84. The average Bonchev–Trinajstić information content (AvgIpc) is 2.22. The van der Waals surface area contributed by atoms with Gasteiger partial charge in [-0.25, -0.2) is 4.79 Å².